The molecule has 7 heteroatoms. The van der Waals surface area contributed by atoms with Crippen LogP contribution in [0.1, 0.15) is 79.5 Å². The molecule has 148 valence electrons. The molecule has 5 rings (SSSR count). The second kappa shape index (κ2) is 7.34. The van der Waals surface area contributed by atoms with E-state index < -0.39 is 0 Å². The van der Waals surface area contributed by atoms with Crippen LogP contribution in [-0.4, -0.2) is 14.7 Å². The second-order valence-corrected chi connectivity index (χ2v) is 9.90. The predicted molar refractivity (Wildman–Crippen MR) is 114 cm³/mol. The van der Waals surface area contributed by atoms with Gasteiger partial charge in [0.2, 0.25) is 0 Å². The van der Waals surface area contributed by atoms with E-state index in [1.54, 1.807) is 23.1 Å². The van der Waals surface area contributed by atoms with E-state index >= 15 is 0 Å². The zero-order valence-corrected chi connectivity index (χ0v) is 18.0. The van der Waals surface area contributed by atoms with Gasteiger partial charge in [0.1, 0.15) is 10.6 Å². The summed E-state index contributed by atoms with van der Waals surface area (Å²) in [5.74, 6) is 2.15. The van der Waals surface area contributed by atoms with Gasteiger partial charge in [-0.25, -0.2) is 4.98 Å². The maximum Gasteiger partial charge on any atom is 0.263 e. The van der Waals surface area contributed by atoms with Gasteiger partial charge in [-0.2, -0.15) is 0 Å². The van der Waals surface area contributed by atoms with Crippen molar-refractivity contribution < 1.29 is 4.52 Å². The molecule has 0 spiro atoms. The molecule has 0 aliphatic heterocycles. The van der Waals surface area contributed by atoms with Crippen molar-refractivity contribution in [2.45, 2.75) is 81.7 Å². The number of fused-ring (bicyclic) bond motifs is 1. The van der Waals surface area contributed by atoms with Crippen LogP contribution in [0.5, 0.6) is 0 Å². The van der Waals surface area contributed by atoms with Gasteiger partial charge in [0.05, 0.1) is 11.1 Å². The fourth-order valence-corrected chi connectivity index (χ4v) is 6.59. The first-order valence-electron chi connectivity index (χ1n) is 10.2. The summed E-state index contributed by atoms with van der Waals surface area (Å²) < 4.78 is 7.34. The van der Waals surface area contributed by atoms with Crippen LogP contribution in [-0.2, 0) is 5.75 Å². The van der Waals surface area contributed by atoms with Gasteiger partial charge in [-0.3, -0.25) is 9.36 Å². The molecule has 2 saturated carbocycles. The van der Waals surface area contributed by atoms with Gasteiger partial charge in [-0.05, 0) is 56.4 Å². The monoisotopic (exact) mass is 415 g/mol. The summed E-state index contributed by atoms with van der Waals surface area (Å²) >= 11 is 3.27. The lowest BCUT2D eigenvalue weighted by Crippen LogP contribution is -2.29. The molecule has 2 aliphatic carbocycles. The molecule has 0 bridgehead atoms. The van der Waals surface area contributed by atoms with Crippen LogP contribution in [0.3, 0.4) is 0 Å². The summed E-state index contributed by atoms with van der Waals surface area (Å²) in [7, 11) is 0. The summed E-state index contributed by atoms with van der Waals surface area (Å²) in [6.07, 6.45) is 8.23. The SMILES string of the molecule is Cc1noc(C)c1CSc1nc2scc(C3CC3)c2c(=O)n1C1CCCCC1. The molecule has 3 heterocycles. The Hall–Kier alpha value is -1.60. The Bertz CT molecular complexity index is 1050. The summed E-state index contributed by atoms with van der Waals surface area (Å²) in [4.78, 5) is 19.5. The molecule has 3 aromatic heterocycles. The summed E-state index contributed by atoms with van der Waals surface area (Å²) in [5, 5.41) is 7.98. The van der Waals surface area contributed by atoms with Gasteiger partial charge in [0.25, 0.3) is 5.56 Å². The molecule has 28 heavy (non-hydrogen) atoms. The smallest absolute Gasteiger partial charge is 0.263 e. The van der Waals surface area contributed by atoms with E-state index in [1.165, 1.54) is 37.7 Å². The fourth-order valence-electron chi connectivity index (χ4n) is 4.31. The van der Waals surface area contributed by atoms with Gasteiger partial charge in [-0.1, -0.05) is 36.2 Å². The van der Waals surface area contributed by atoms with Crippen LogP contribution in [0.25, 0.3) is 10.2 Å². The Morgan fingerprint density at radius 3 is 2.68 bits per heavy atom. The molecule has 0 N–H and O–H groups in total. The van der Waals surface area contributed by atoms with Crippen molar-refractivity contribution >= 4 is 33.3 Å². The number of nitrogens with zero attached hydrogens (tertiary/aromatic N) is 3. The number of rotatable bonds is 5. The molecule has 3 aromatic rings. The van der Waals surface area contributed by atoms with Crippen molar-refractivity contribution in [1.29, 1.82) is 0 Å². The maximum absolute atomic E-state index is 13.6. The molecule has 2 fully saturated rings. The molecule has 0 amide bonds. The Balaban J connectivity index is 1.59. The largest absolute Gasteiger partial charge is 0.361 e. The summed E-state index contributed by atoms with van der Waals surface area (Å²) in [5.41, 5.74) is 3.45. The fraction of sp³-hybridized carbons (Fsp3) is 0.571. The zero-order valence-electron chi connectivity index (χ0n) is 16.4. The highest BCUT2D eigenvalue weighted by molar-refractivity contribution is 7.98. The van der Waals surface area contributed by atoms with E-state index in [9.17, 15) is 4.79 Å². The molecule has 0 aromatic carbocycles. The number of hydrogen-bond acceptors (Lipinski definition) is 6. The van der Waals surface area contributed by atoms with E-state index in [-0.39, 0.29) is 11.6 Å². The molecular formula is C21H25N3O2S2. The molecular weight excluding hydrogens is 390 g/mol. The lowest BCUT2D eigenvalue weighted by atomic mass is 9.95. The van der Waals surface area contributed by atoms with Crippen molar-refractivity contribution in [1.82, 2.24) is 14.7 Å². The van der Waals surface area contributed by atoms with Gasteiger partial charge in [0.15, 0.2) is 5.16 Å². The van der Waals surface area contributed by atoms with Crippen LogP contribution in [0.15, 0.2) is 19.9 Å². The van der Waals surface area contributed by atoms with Crippen molar-refractivity contribution in [3.8, 4) is 0 Å². The van der Waals surface area contributed by atoms with E-state index in [2.05, 4.69) is 10.5 Å². The first kappa shape index (κ1) is 18.4. The topological polar surface area (TPSA) is 60.9 Å². The zero-order chi connectivity index (χ0) is 19.3. The molecule has 0 unspecified atom stereocenters. The molecule has 2 aliphatic rings. The van der Waals surface area contributed by atoms with Gasteiger partial charge < -0.3 is 4.52 Å². The van der Waals surface area contributed by atoms with E-state index in [0.29, 0.717) is 5.92 Å². The van der Waals surface area contributed by atoms with Crippen molar-refractivity contribution in [2.24, 2.45) is 0 Å². The standard InChI is InChI=1S/C21H25N3O2S2/c1-12-16(13(2)26-23-12)10-28-21-22-19-18(17(11-27-19)14-8-9-14)20(25)24(21)15-6-4-3-5-7-15/h11,14-15H,3-10H2,1-2H3. The lowest BCUT2D eigenvalue weighted by molar-refractivity contribution is 0.326. The third-order valence-corrected chi connectivity index (χ3v) is 7.99. The number of aromatic nitrogens is 3. The van der Waals surface area contributed by atoms with Crippen LogP contribution in [0.4, 0.5) is 0 Å². The normalized spacial score (nSPS) is 18.2. The van der Waals surface area contributed by atoms with Crippen molar-refractivity contribution in [3.05, 3.63) is 38.3 Å². The Morgan fingerprint density at radius 1 is 1.21 bits per heavy atom. The number of thiophene rings is 1. The molecule has 0 radical (unpaired) electrons. The first-order chi connectivity index (χ1) is 13.6. The maximum atomic E-state index is 13.6. The van der Waals surface area contributed by atoms with Crippen molar-refractivity contribution in [2.75, 3.05) is 0 Å². The molecule has 5 nitrogen and oxygen atoms in total. The Labute approximate surface area is 172 Å². The summed E-state index contributed by atoms with van der Waals surface area (Å²) in [6, 6.07) is 0.275. The average molecular weight is 416 g/mol. The minimum atomic E-state index is 0.182. The van der Waals surface area contributed by atoms with Crippen molar-refractivity contribution in [3.63, 3.8) is 0 Å². The van der Waals surface area contributed by atoms with Crippen LogP contribution in [0, 0.1) is 13.8 Å². The third kappa shape index (κ3) is 3.22. The van der Waals surface area contributed by atoms with Gasteiger partial charge in [-0.15, -0.1) is 11.3 Å². The molecule has 0 atom stereocenters. The van der Waals surface area contributed by atoms with E-state index in [1.807, 2.05) is 18.4 Å². The quantitative estimate of drug-likeness (QED) is 0.393. The second-order valence-electron chi connectivity index (χ2n) is 8.10. The number of thioether (sulfide) groups is 1. The van der Waals surface area contributed by atoms with Crippen LogP contribution in [0.2, 0.25) is 0 Å². The highest BCUT2D eigenvalue weighted by Crippen LogP contribution is 2.44. The minimum Gasteiger partial charge on any atom is -0.361 e. The molecule has 0 saturated heterocycles. The summed E-state index contributed by atoms with van der Waals surface area (Å²) in [6.45, 7) is 3.92. The third-order valence-electron chi connectivity index (χ3n) is 6.12. The van der Waals surface area contributed by atoms with E-state index in [0.717, 1.165) is 51.0 Å². The number of aryl methyl sites for hydroxylation is 2. The first-order valence-corrected chi connectivity index (χ1v) is 12.1. The Morgan fingerprint density at radius 2 is 2.00 bits per heavy atom. The van der Waals surface area contributed by atoms with Crippen LogP contribution >= 0.6 is 23.1 Å². The highest BCUT2D eigenvalue weighted by Gasteiger charge is 2.30. The predicted octanol–water partition coefficient (Wildman–Crippen LogP) is 5.74. The van der Waals surface area contributed by atoms with Gasteiger partial charge in [0, 0.05) is 17.4 Å². The average Bonchev–Trinajstić information content (AvgIpc) is 3.38. The Kier molecular flexibility index (Phi) is 4.83. The van der Waals surface area contributed by atoms with E-state index in [4.69, 9.17) is 9.51 Å². The van der Waals surface area contributed by atoms with Gasteiger partial charge >= 0.3 is 0 Å². The minimum absolute atomic E-state index is 0.182. The van der Waals surface area contributed by atoms with Crippen LogP contribution < -0.4 is 5.56 Å². The highest BCUT2D eigenvalue weighted by atomic mass is 32.2. The number of hydrogen-bond donors (Lipinski definition) is 0. The lowest BCUT2D eigenvalue weighted by Gasteiger charge is -2.26.